The number of alkyl halides is 2. The van der Waals surface area contributed by atoms with Crippen molar-refractivity contribution >= 4 is 56.7 Å². The Bertz CT molecular complexity index is 1840. The molecule has 3 saturated heterocycles. The molecule has 236 valence electrons. The van der Waals surface area contributed by atoms with Crippen LogP contribution in [0.15, 0.2) is 31.2 Å². The number of phosphoric ester groups is 1. The van der Waals surface area contributed by atoms with Crippen LogP contribution in [0.1, 0.15) is 12.5 Å². The molecule has 7 heterocycles. The minimum Gasteiger partial charge on any atom is -0.397 e. The molecule has 3 aliphatic heterocycles. The Balaban J connectivity index is 1.20. The molecule has 0 spiro atoms. The Morgan fingerprint density at radius 3 is 2.34 bits per heavy atom. The number of nitrogens with two attached hydrogens (primary N) is 2. The number of fused-ring (bicyclic) bond motifs is 5. The Morgan fingerprint density at radius 1 is 0.864 bits per heavy atom. The van der Waals surface area contributed by atoms with E-state index in [1.807, 2.05) is 0 Å². The van der Waals surface area contributed by atoms with Crippen molar-refractivity contribution in [1.29, 1.82) is 0 Å². The first-order chi connectivity index (χ1) is 20.9. The number of pyridine rings is 1. The Hall–Kier alpha value is -3.13. The fourth-order valence-corrected chi connectivity index (χ4v) is 6.86. The molecule has 0 saturated carbocycles. The van der Waals surface area contributed by atoms with Crippen molar-refractivity contribution in [3.05, 3.63) is 31.2 Å². The van der Waals surface area contributed by atoms with Gasteiger partial charge in [0.15, 0.2) is 41.9 Å². The monoisotopic (exact) mass is 658 g/mol. The average Bonchev–Trinajstić information content (AvgIpc) is 3.73. The number of anilines is 2. The zero-order valence-corrected chi connectivity index (χ0v) is 23.4. The molecule has 0 aromatic carbocycles. The quantitative estimate of drug-likeness (QED) is 0.194. The van der Waals surface area contributed by atoms with Crippen LogP contribution in [0.25, 0.3) is 22.3 Å². The summed E-state index contributed by atoms with van der Waals surface area (Å²) < 4.78 is 94.4. The van der Waals surface area contributed by atoms with Crippen LogP contribution in [-0.4, -0.2) is 96.5 Å². The fourth-order valence-electron chi connectivity index (χ4n) is 5.16. The highest BCUT2D eigenvalue weighted by atomic mass is 31.2. The lowest BCUT2D eigenvalue weighted by molar-refractivity contribution is -0.0613. The van der Waals surface area contributed by atoms with E-state index in [4.69, 9.17) is 39.0 Å². The predicted octanol–water partition coefficient (Wildman–Crippen LogP) is 0.298. The number of hydrogen-bond donors (Lipinski definition) is 3. The summed E-state index contributed by atoms with van der Waals surface area (Å²) in [5.41, 5.74) is 13.0. The minimum absolute atomic E-state index is 0.0415. The predicted molar refractivity (Wildman–Crippen MR) is 148 cm³/mol. The number of aromatic nitrogens is 7. The molecule has 44 heavy (non-hydrogen) atoms. The SMILES string of the molecule is [BH3-]P1(=O)OC[C@H]2O[C@@H](n3cnc4c(N)ncnc43)[C@H](F)[C@@H]2OP(=O)(O)OC[C@H]2O[C@@H](n3cnc4c(N)ccnc43)[C@H](O1)[C@@H]2F. The topological polar surface area (TPSA) is 236 Å². The van der Waals surface area contributed by atoms with Gasteiger partial charge < -0.3 is 39.4 Å². The summed E-state index contributed by atoms with van der Waals surface area (Å²) in [6, 6.07) is 1.53. The van der Waals surface area contributed by atoms with Gasteiger partial charge in [-0.05, 0) is 6.07 Å². The van der Waals surface area contributed by atoms with Crippen molar-refractivity contribution in [3.63, 3.8) is 0 Å². The number of hydrogen-bond acceptors (Lipinski definition) is 15. The van der Waals surface area contributed by atoms with Gasteiger partial charge in [-0.15, -0.1) is 0 Å². The summed E-state index contributed by atoms with van der Waals surface area (Å²) in [6.07, 6.45) is -7.95. The van der Waals surface area contributed by atoms with Gasteiger partial charge in [0.2, 0.25) is 0 Å². The van der Waals surface area contributed by atoms with Crippen LogP contribution in [0.3, 0.4) is 0 Å². The Kier molecular flexibility index (Phi) is 7.23. The first-order valence-corrected chi connectivity index (χ1v) is 15.2. The third-order valence-corrected chi connectivity index (χ3v) is 8.93. The summed E-state index contributed by atoms with van der Waals surface area (Å²) in [5, 5.41) is 0. The number of ether oxygens (including phenoxy) is 2. The van der Waals surface area contributed by atoms with Crippen LogP contribution in [0, 0.1) is 0 Å². The zero-order valence-electron chi connectivity index (χ0n) is 21.6. The maximum absolute atomic E-state index is 15.9. The molecule has 4 aromatic rings. The van der Waals surface area contributed by atoms with Gasteiger partial charge in [-0.1, -0.05) is 0 Å². The van der Waals surface area contributed by atoms with Crippen LogP contribution in [0.2, 0.25) is 0 Å². The van der Waals surface area contributed by atoms with Crippen molar-refractivity contribution < 1.29 is 50.4 Å². The summed E-state index contributed by atoms with van der Waals surface area (Å²) in [5.74, 6) is 0.0415. The maximum atomic E-state index is 15.9. The number of imidazole rings is 2. The van der Waals surface area contributed by atoms with Gasteiger partial charge in [0.05, 0.1) is 39.1 Å². The maximum Gasteiger partial charge on any atom is 0.472 e. The molecule has 2 bridgehead atoms. The van der Waals surface area contributed by atoms with Crippen molar-refractivity contribution in [2.24, 2.45) is 0 Å². The zero-order chi connectivity index (χ0) is 31.0. The number of rotatable bonds is 2. The standard InChI is InChI=1S/C21H25BF2N9O9P2/c22-43(34)37-4-10-15(12(24)20(40-10)32-7-31-14-17(26)28-5-29-19(14)32)42-44(35,36)38-3-9-11(23)16(41-43)21(39-9)33-6-30-13-8(25)1-2-27-18(13)33/h1-2,5-7,9-12,15-16,20-21H,3-4H2,22H3,(H2,25,27)(H,35,36)(H2,26,28,29)/q-1/t9-,10-,11-,12-,15-,16-,20-,21-,43?/m1/s1. The summed E-state index contributed by atoms with van der Waals surface area (Å²) in [6.45, 7) is -1.41. The van der Waals surface area contributed by atoms with Gasteiger partial charge in [-0.25, -0.2) is 38.3 Å². The Labute approximate surface area is 246 Å². The first-order valence-electron chi connectivity index (χ1n) is 12.6. The molecule has 18 nitrogen and oxygen atoms in total. The van der Waals surface area contributed by atoms with E-state index in [9.17, 15) is 14.0 Å². The molecule has 5 N–H and O–H groups in total. The largest absolute Gasteiger partial charge is 0.472 e. The molecule has 0 radical (unpaired) electrons. The number of nitrogens with zero attached hydrogens (tertiary/aromatic N) is 7. The van der Waals surface area contributed by atoms with Crippen LogP contribution < -0.4 is 11.5 Å². The smallest absolute Gasteiger partial charge is 0.397 e. The van der Waals surface area contributed by atoms with Crippen molar-refractivity contribution in [2.75, 3.05) is 24.7 Å². The van der Waals surface area contributed by atoms with E-state index in [1.54, 1.807) is 0 Å². The number of halogens is 2. The second-order valence-corrected chi connectivity index (χ2v) is 12.1. The number of phosphoric acid groups is 1. The van der Waals surface area contributed by atoms with E-state index in [1.165, 1.54) is 34.1 Å². The minimum atomic E-state index is -5.07. The fraction of sp³-hybridized carbons (Fsp3) is 0.476. The van der Waals surface area contributed by atoms with Crippen molar-refractivity contribution in [3.8, 4) is 0 Å². The molecule has 10 atom stereocenters. The highest BCUT2D eigenvalue weighted by molar-refractivity contribution is 7.79. The lowest BCUT2D eigenvalue weighted by Crippen LogP contribution is -2.34. The highest BCUT2D eigenvalue weighted by Gasteiger charge is 2.54. The molecule has 3 aliphatic rings. The molecule has 0 amide bonds. The molecular weight excluding hydrogens is 633 g/mol. The molecule has 4 aromatic heterocycles. The van der Waals surface area contributed by atoms with E-state index >= 15 is 8.78 Å². The lowest BCUT2D eigenvalue weighted by atomic mass is 10.1. The molecule has 2 unspecified atom stereocenters. The number of nitrogen functional groups attached to an aromatic ring is 2. The second kappa shape index (κ2) is 10.7. The summed E-state index contributed by atoms with van der Waals surface area (Å²) in [4.78, 5) is 31.0. The van der Waals surface area contributed by atoms with Gasteiger partial charge in [-0.2, -0.15) is 0 Å². The first kappa shape index (κ1) is 29.6. The van der Waals surface area contributed by atoms with Crippen LogP contribution in [0.5, 0.6) is 0 Å². The highest BCUT2D eigenvalue weighted by Crippen LogP contribution is 2.54. The van der Waals surface area contributed by atoms with Crippen molar-refractivity contribution in [2.45, 2.75) is 49.2 Å². The van der Waals surface area contributed by atoms with Crippen LogP contribution in [0.4, 0.5) is 20.3 Å². The Morgan fingerprint density at radius 2 is 1.55 bits per heavy atom. The molecule has 7 rings (SSSR count). The van der Waals surface area contributed by atoms with Gasteiger partial charge in [0, 0.05) is 6.20 Å². The van der Waals surface area contributed by atoms with E-state index < -0.39 is 85.3 Å². The molecular formula is C21H25BF2N9O9P2-. The van der Waals surface area contributed by atoms with Gasteiger partial charge in [-0.3, -0.25) is 18.2 Å². The van der Waals surface area contributed by atoms with Crippen LogP contribution >= 0.6 is 15.3 Å². The third-order valence-electron chi connectivity index (χ3n) is 7.17. The lowest BCUT2D eigenvalue weighted by Gasteiger charge is -2.29. The van der Waals surface area contributed by atoms with Gasteiger partial charge in [0.1, 0.15) is 49.3 Å². The van der Waals surface area contributed by atoms with E-state index in [0.29, 0.717) is 11.2 Å². The third kappa shape index (κ3) is 5.07. The van der Waals surface area contributed by atoms with Gasteiger partial charge in [0.25, 0.3) is 0 Å². The van der Waals surface area contributed by atoms with Crippen LogP contribution in [-0.2, 0) is 36.7 Å². The van der Waals surface area contributed by atoms with Gasteiger partial charge >= 0.3 is 7.82 Å². The van der Waals surface area contributed by atoms with E-state index in [-0.39, 0.29) is 22.6 Å². The summed E-state index contributed by atoms with van der Waals surface area (Å²) >= 11 is 0. The molecule has 3 fully saturated rings. The van der Waals surface area contributed by atoms with E-state index in [0.717, 1.165) is 6.33 Å². The molecule has 23 heteroatoms. The van der Waals surface area contributed by atoms with Crippen molar-refractivity contribution in [1.82, 2.24) is 34.1 Å². The second-order valence-electron chi connectivity index (χ2n) is 9.75. The normalized spacial score (nSPS) is 38.3. The van der Waals surface area contributed by atoms with E-state index in [2.05, 4.69) is 24.9 Å². The summed E-state index contributed by atoms with van der Waals surface area (Å²) in [7, 11) is -10.3. The molecule has 0 aliphatic carbocycles. The average molecular weight is 658 g/mol.